The van der Waals surface area contributed by atoms with Gasteiger partial charge in [-0.1, -0.05) is 6.92 Å². The van der Waals surface area contributed by atoms with Crippen molar-refractivity contribution in [1.29, 1.82) is 0 Å². The van der Waals surface area contributed by atoms with E-state index in [4.69, 9.17) is 0 Å². The molecule has 5 nitrogen and oxygen atoms in total. The maximum atomic E-state index is 12.7. The van der Waals surface area contributed by atoms with E-state index in [1.807, 2.05) is 0 Å². The lowest BCUT2D eigenvalue weighted by Crippen LogP contribution is -2.52. The number of anilines is 1. The topological polar surface area (TPSA) is 66.1 Å². The highest BCUT2D eigenvalue weighted by atomic mass is 19.4. The largest absolute Gasteiger partial charge is 0.423 e. The van der Waals surface area contributed by atoms with Crippen LogP contribution in [0, 0.1) is 5.92 Å². The lowest BCUT2D eigenvalue weighted by atomic mass is 9.99. The minimum atomic E-state index is -4.81. The molecule has 8 heteroatoms. The number of hydrogen-bond acceptors (Lipinski definition) is 3. The summed E-state index contributed by atoms with van der Waals surface area (Å²) in [6.45, 7) is 1.76. The maximum absolute atomic E-state index is 12.7. The monoisotopic (exact) mass is 247 g/mol. The van der Waals surface area contributed by atoms with E-state index in [1.165, 1.54) is 0 Å². The first kappa shape index (κ1) is 11.6. The summed E-state index contributed by atoms with van der Waals surface area (Å²) in [5.41, 5.74) is -3.21. The normalized spacial score (nSPS) is 20.4. The number of carbonyl (C=O) groups is 1. The van der Waals surface area contributed by atoms with Gasteiger partial charge in [0.05, 0.1) is 17.8 Å². The number of H-pyrrole nitrogens is 1. The molecule has 1 aliphatic rings. The van der Waals surface area contributed by atoms with Gasteiger partial charge in [-0.15, -0.1) is 0 Å². The predicted octanol–water partition coefficient (Wildman–Crippen LogP) is 0.771. The van der Waals surface area contributed by atoms with E-state index in [-0.39, 0.29) is 12.5 Å². The third-order valence-electron chi connectivity index (χ3n) is 2.55. The average Bonchev–Trinajstić information content (AvgIpc) is 2.23. The molecule has 2 rings (SSSR count). The number of carbonyl (C=O) groups excluding carboxylic acids is 1. The zero-order valence-electron chi connectivity index (χ0n) is 8.71. The van der Waals surface area contributed by atoms with E-state index in [0.29, 0.717) is 0 Å². The summed E-state index contributed by atoms with van der Waals surface area (Å²) in [6, 6.07) is 0. The molecule has 17 heavy (non-hydrogen) atoms. The molecule has 0 unspecified atom stereocenters. The van der Waals surface area contributed by atoms with Gasteiger partial charge in [0.25, 0.3) is 5.56 Å². The molecule has 92 valence electrons. The molecule has 0 saturated carbocycles. The number of β-lactam (4-membered cyclic amide) rings is 1. The number of alkyl halides is 3. The van der Waals surface area contributed by atoms with Gasteiger partial charge in [0.1, 0.15) is 5.56 Å². The van der Waals surface area contributed by atoms with Crippen LogP contribution in [0.5, 0.6) is 0 Å². The van der Waals surface area contributed by atoms with Crippen LogP contribution in [-0.2, 0) is 11.0 Å². The zero-order valence-corrected chi connectivity index (χ0v) is 8.71. The van der Waals surface area contributed by atoms with Crippen molar-refractivity contribution in [2.24, 2.45) is 5.92 Å². The summed E-state index contributed by atoms with van der Waals surface area (Å²) >= 11 is 0. The van der Waals surface area contributed by atoms with Gasteiger partial charge < -0.3 is 4.90 Å². The van der Waals surface area contributed by atoms with E-state index >= 15 is 0 Å². The van der Waals surface area contributed by atoms with Gasteiger partial charge in [-0.25, -0.2) is 5.10 Å². The Morgan fingerprint density at radius 3 is 2.59 bits per heavy atom. The van der Waals surface area contributed by atoms with Gasteiger partial charge in [-0.3, -0.25) is 9.59 Å². The van der Waals surface area contributed by atoms with Crippen LogP contribution in [0.15, 0.2) is 11.0 Å². The Morgan fingerprint density at radius 1 is 1.47 bits per heavy atom. The number of nitrogens with one attached hydrogen (secondary N) is 1. The minimum Gasteiger partial charge on any atom is -0.309 e. The van der Waals surface area contributed by atoms with Crippen molar-refractivity contribution in [2.45, 2.75) is 13.1 Å². The van der Waals surface area contributed by atoms with E-state index < -0.39 is 28.9 Å². The molecule has 1 fully saturated rings. The molecular formula is C9H8F3N3O2. The van der Waals surface area contributed by atoms with E-state index in [9.17, 15) is 22.8 Å². The van der Waals surface area contributed by atoms with E-state index in [0.717, 1.165) is 11.1 Å². The molecule has 0 radical (unpaired) electrons. The molecule has 1 N–H and O–H groups in total. The second kappa shape index (κ2) is 3.57. The molecule has 1 amide bonds. The number of halogens is 3. The summed E-state index contributed by atoms with van der Waals surface area (Å²) < 4.78 is 38.0. The fourth-order valence-electron chi connectivity index (χ4n) is 1.68. The number of nitrogens with zero attached hydrogens (tertiary/aromatic N) is 2. The first-order chi connectivity index (χ1) is 7.82. The molecule has 0 aromatic carbocycles. The third kappa shape index (κ3) is 1.79. The maximum Gasteiger partial charge on any atom is 0.423 e. The minimum absolute atomic E-state index is 0.160. The van der Waals surface area contributed by atoms with Crippen molar-refractivity contribution >= 4 is 11.6 Å². The second-order valence-corrected chi connectivity index (χ2v) is 3.81. The zero-order chi connectivity index (χ0) is 12.8. The molecule has 2 heterocycles. The van der Waals surface area contributed by atoms with Crippen molar-refractivity contribution in [1.82, 2.24) is 10.2 Å². The van der Waals surface area contributed by atoms with E-state index in [1.54, 1.807) is 12.0 Å². The summed E-state index contributed by atoms with van der Waals surface area (Å²) in [5.74, 6) is -0.765. The van der Waals surface area contributed by atoms with Crippen molar-refractivity contribution in [3.05, 3.63) is 22.1 Å². The predicted molar refractivity (Wildman–Crippen MR) is 51.4 cm³/mol. The fraction of sp³-hybridized carbons (Fsp3) is 0.444. The lowest BCUT2D eigenvalue weighted by Gasteiger charge is -2.37. The molecule has 1 aromatic rings. The van der Waals surface area contributed by atoms with Crippen LogP contribution >= 0.6 is 0 Å². The molecular weight excluding hydrogens is 239 g/mol. The Bertz CT molecular complexity index is 523. The average molecular weight is 247 g/mol. The summed E-state index contributed by atoms with van der Waals surface area (Å²) in [5, 5.41) is 5.00. The van der Waals surface area contributed by atoms with Crippen molar-refractivity contribution in [3.63, 3.8) is 0 Å². The Labute approximate surface area is 93.2 Å². The standard InChI is InChI=1S/C9H8F3N3O2/c1-4-3-15(8(4)17)5-2-13-14-7(16)6(5)9(10,11)12/h2,4H,3H2,1H3,(H,14,16)/t4-/m0/s1. The highest BCUT2D eigenvalue weighted by molar-refractivity contribution is 6.01. The second-order valence-electron chi connectivity index (χ2n) is 3.81. The van der Waals surface area contributed by atoms with Crippen LogP contribution in [0.3, 0.4) is 0 Å². The lowest BCUT2D eigenvalue weighted by molar-refractivity contribution is -0.138. The Morgan fingerprint density at radius 2 is 2.12 bits per heavy atom. The van der Waals surface area contributed by atoms with Crippen LogP contribution in [0.1, 0.15) is 12.5 Å². The SMILES string of the molecule is C[C@H]1CN(c2cn[nH]c(=O)c2C(F)(F)F)C1=O. The highest BCUT2D eigenvalue weighted by Gasteiger charge is 2.43. The van der Waals surface area contributed by atoms with Crippen LogP contribution in [0.2, 0.25) is 0 Å². The molecule has 0 spiro atoms. The molecule has 0 bridgehead atoms. The van der Waals surface area contributed by atoms with Gasteiger partial charge in [0, 0.05) is 6.54 Å². The highest BCUT2D eigenvalue weighted by Crippen LogP contribution is 2.36. The molecule has 1 atom stereocenters. The first-order valence-corrected chi connectivity index (χ1v) is 4.78. The number of amides is 1. The Kier molecular flexibility index (Phi) is 2.44. The first-order valence-electron chi connectivity index (χ1n) is 4.78. The molecule has 1 saturated heterocycles. The molecule has 0 aliphatic carbocycles. The number of aromatic amines is 1. The van der Waals surface area contributed by atoms with Crippen LogP contribution in [-0.4, -0.2) is 22.6 Å². The summed E-state index contributed by atoms with van der Waals surface area (Å²) in [4.78, 5) is 23.4. The fourth-order valence-corrected chi connectivity index (χ4v) is 1.68. The smallest absolute Gasteiger partial charge is 0.309 e. The number of hydrogen-bond donors (Lipinski definition) is 1. The Balaban J connectivity index is 2.52. The summed E-state index contributed by atoms with van der Waals surface area (Å²) in [6.07, 6.45) is -3.97. The number of rotatable bonds is 1. The molecule has 1 aromatic heterocycles. The van der Waals surface area contributed by atoms with Gasteiger partial charge in [-0.2, -0.15) is 18.3 Å². The van der Waals surface area contributed by atoms with Crippen molar-refractivity contribution < 1.29 is 18.0 Å². The van der Waals surface area contributed by atoms with E-state index in [2.05, 4.69) is 5.10 Å². The third-order valence-corrected chi connectivity index (χ3v) is 2.55. The number of aromatic nitrogens is 2. The Hall–Kier alpha value is -1.86. The van der Waals surface area contributed by atoms with Gasteiger partial charge in [-0.05, 0) is 0 Å². The quantitative estimate of drug-likeness (QED) is 0.745. The van der Waals surface area contributed by atoms with Crippen molar-refractivity contribution in [3.8, 4) is 0 Å². The van der Waals surface area contributed by atoms with Crippen molar-refractivity contribution in [2.75, 3.05) is 11.4 Å². The van der Waals surface area contributed by atoms with Gasteiger partial charge in [0.2, 0.25) is 5.91 Å². The van der Waals surface area contributed by atoms with Gasteiger partial charge in [0.15, 0.2) is 0 Å². The summed E-state index contributed by atoms with van der Waals surface area (Å²) in [7, 11) is 0. The van der Waals surface area contributed by atoms with Crippen LogP contribution in [0.4, 0.5) is 18.9 Å². The van der Waals surface area contributed by atoms with Gasteiger partial charge >= 0.3 is 6.18 Å². The molecule has 1 aliphatic heterocycles. The van der Waals surface area contributed by atoms with Crippen LogP contribution < -0.4 is 10.5 Å². The van der Waals surface area contributed by atoms with Crippen LogP contribution in [0.25, 0.3) is 0 Å².